The second-order valence-electron chi connectivity index (χ2n) is 5.49. The summed E-state index contributed by atoms with van der Waals surface area (Å²) in [5.74, 6) is -0.125. The van der Waals surface area contributed by atoms with Gasteiger partial charge in [0.15, 0.2) is 0 Å². The van der Waals surface area contributed by atoms with Crippen LogP contribution in [-0.4, -0.2) is 63.4 Å². The Kier molecular flexibility index (Phi) is 8.82. The Hall–Kier alpha value is -0.650. The Morgan fingerprint density at radius 3 is 2.60 bits per heavy atom. The van der Waals surface area contributed by atoms with Crippen molar-refractivity contribution in [3.05, 3.63) is 0 Å². The topological polar surface area (TPSA) is 50.8 Å². The first kappa shape index (κ1) is 17.4. The van der Waals surface area contributed by atoms with Gasteiger partial charge in [0.25, 0.3) is 0 Å². The molecule has 1 rings (SSSR count). The predicted octanol–water partition coefficient (Wildman–Crippen LogP) is 1.42. The number of nitrogens with one attached hydrogen (secondary N) is 1. The van der Waals surface area contributed by atoms with Crippen LogP contribution in [0.2, 0.25) is 0 Å². The van der Waals surface area contributed by atoms with Gasteiger partial charge in [-0.05, 0) is 32.4 Å². The van der Waals surface area contributed by atoms with Crippen molar-refractivity contribution in [2.24, 2.45) is 0 Å². The molecule has 1 heterocycles. The molecule has 1 fully saturated rings. The summed E-state index contributed by atoms with van der Waals surface area (Å²) in [6.07, 6.45) is 5.20. The van der Waals surface area contributed by atoms with Crippen LogP contribution in [-0.2, 0) is 14.3 Å². The highest BCUT2D eigenvalue weighted by Crippen LogP contribution is 2.13. The molecule has 1 N–H and O–H groups in total. The molecule has 0 aromatic heterocycles. The number of nitrogens with zero attached hydrogens (tertiary/aromatic N) is 1. The lowest BCUT2D eigenvalue weighted by molar-refractivity contribution is -0.143. The number of methoxy groups -OCH3 is 2. The van der Waals surface area contributed by atoms with Gasteiger partial charge in [0, 0.05) is 19.7 Å². The Bertz CT molecular complexity index is 266. The summed E-state index contributed by atoms with van der Waals surface area (Å²) in [6.45, 7) is 6.08. The number of ether oxygens (including phenoxy) is 2. The second-order valence-corrected chi connectivity index (χ2v) is 5.49. The summed E-state index contributed by atoms with van der Waals surface area (Å²) >= 11 is 0. The van der Waals surface area contributed by atoms with Crippen LogP contribution in [0.3, 0.4) is 0 Å². The zero-order chi connectivity index (χ0) is 14.8. The van der Waals surface area contributed by atoms with Crippen molar-refractivity contribution in [1.82, 2.24) is 10.2 Å². The normalized spacial score (nSPS) is 18.9. The van der Waals surface area contributed by atoms with Gasteiger partial charge in [-0.2, -0.15) is 0 Å². The van der Waals surface area contributed by atoms with E-state index >= 15 is 0 Å². The largest absolute Gasteiger partial charge is 0.468 e. The molecule has 0 amide bonds. The van der Waals surface area contributed by atoms with Crippen molar-refractivity contribution in [1.29, 1.82) is 0 Å². The lowest BCUT2D eigenvalue weighted by Crippen LogP contribution is -2.49. The Balaban J connectivity index is 2.33. The highest BCUT2D eigenvalue weighted by atomic mass is 16.5. The quantitative estimate of drug-likeness (QED) is 0.650. The van der Waals surface area contributed by atoms with E-state index in [4.69, 9.17) is 9.47 Å². The standard InChI is InChI=1S/C15H30N2O3/c1-4-5-6-14(15(18)20-3)16-13-7-9-17(10-8-13)11-12-19-2/h13-14,16H,4-12H2,1-3H3/t14-/m0/s1. The van der Waals surface area contributed by atoms with Crippen molar-refractivity contribution in [3.63, 3.8) is 0 Å². The third-order valence-electron chi connectivity index (χ3n) is 3.97. The van der Waals surface area contributed by atoms with E-state index in [2.05, 4.69) is 17.1 Å². The van der Waals surface area contributed by atoms with E-state index in [1.807, 2.05) is 0 Å². The zero-order valence-corrected chi connectivity index (χ0v) is 13.2. The fourth-order valence-electron chi connectivity index (χ4n) is 2.65. The highest BCUT2D eigenvalue weighted by molar-refractivity contribution is 5.75. The Labute approximate surface area is 123 Å². The first-order valence-electron chi connectivity index (χ1n) is 7.76. The van der Waals surface area contributed by atoms with Gasteiger partial charge in [-0.3, -0.25) is 4.79 Å². The number of hydrogen-bond acceptors (Lipinski definition) is 5. The van der Waals surface area contributed by atoms with Crippen LogP contribution in [0.15, 0.2) is 0 Å². The van der Waals surface area contributed by atoms with E-state index in [9.17, 15) is 4.79 Å². The van der Waals surface area contributed by atoms with Gasteiger partial charge in [0.05, 0.1) is 13.7 Å². The Morgan fingerprint density at radius 2 is 2.05 bits per heavy atom. The number of rotatable bonds is 9. The van der Waals surface area contributed by atoms with Gasteiger partial charge in [-0.1, -0.05) is 19.8 Å². The van der Waals surface area contributed by atoms with Gasteiger partial charge in [-0.25, -0.2) is 0 Å². The molecular weight excluding hydrogens is 256 g/mol. The number of unbranched alkanes of at least 4 members (excludes halogenated alkanes) is 1. The molecule has 1 aliphatic rings. The molecule has 0 aliphatic carbocycles. The first-order chi connectivity index (χ1) is 9.71. The van der Waals surface area contributed by atoms with Crippen LogP contribution in [0.5, 0.6) is 0 Å². The molecule has 0 aromatic rings. The molecule has 0 saturated carbocycles. The molecule has 0 radical (unpaired) electrons. The fourth-order valence-corrected chi connectivity index (χ4v) is 2.65. The van der Waals surface area contributed by atoms with Crippen molar-refractivity contribution in [2.45, 2.75) is 51.1 Å². The summed E-state index contributed by atoms with van der Waals surface area (Å²) in [5.41, 5.74) is 0. The number of esters is 1. The highest BCUT2D eigenvalue weighted by Gasteiger charge is 2.25. The number of carbonyl (C=O) groups is 1. The third kappa shape index (κ3) is 6.20. The molecule has 0 bridgehead atoms. The van der Waals surface area contributed by atoms with E-state index in [0.717, 1.165) is 58.3 Å². The van der Waals surface area contributed by atoms with Crippen molar-refractivity contribution in [3.8, 4) is 0 Å². The van der Waals surface area contributed by atoms with Gasteiger partial charge >= 0.3 is 5.97 Å². The molecule has 118 valence electrons. The van der Waals surface area contributed by atoms with Gasteiger partial charge in [-0.15, -0.1) is 0 Å². The van der Waals surface area contributed by atoms with Gasteiger partial charge < -0.3 is 19.7 Å². The lowest BCUT2D eigenvalue weighted by Gasteiger charge is -2.33. The van der Waals surface area contributed by atoms with Crippen LogP contribution in [0.1, 0.15) is 39.0 Å². The monoisotopic (exact) mass is 286 g/mol. The second kappa shape index (κ2) is 10.1. The van der Waals surface area contributed by atoms with Gasteiger partial charge in [0.1, 0.15) is 6.04 Å². The molecule has 5 nitrogen and oxygen atoms in total. The van der Waals surface area contributed by atoms with Crippen LogP contribution in [0, 0.1) is 0 Å². The molecule has 1 aliphatic heterocycles. The van der Waals surface area contributed by atoms with Crippen LogP contribution >= 0.6 is 0 Å². The summed E-state index contributed by atoms with van der Waals surface area (Å²) < 4.78 is 10.0. The first-order valence-corrected chi connectivity index (χ1v) is 7.76. The fraction of sp³-hybridized carbons (Fsp3) is 0.933. The number of carbonyl (C=O) groups excluding carboxylic acids is 1. The number of piperidine rings is 1. The van der Waals surface area contributed by atoms with Crippen molar-refractivity contribution >= 4 is 5.97 Å². The minimum atomic E-state index is -0.143. The molecule has 1 saturated heterocycles. The smallest absolute Gasteiger partial charge is 0.322 e. The molecule has 0 spiro atoms. The van der Waals surface area contributed by atoms with Crippen LogP contribution in [0.25, 0.3) is 0 Å². The average Bonchev–Trinajstić information content (AvgIpc) is 2.49. The van der Waals surface area contributed by atoms with Crippen molar-refractivity contribution in [2.75, 3.05) is 40.5 Å². The molecule has 20 heavy (non-hydrogen) atoms. The maximum absolute atomic E-state index is 11.8. The van der Waals surface area contributed by atoms with Crippen molar-refractivity contribution < 1.29 is 14.3 Å². The summed E-state index contributed by atoms with van der Waals surface area (Å²) in [5, 5.41) is 3.49. The van der Waals surface area contributed by atoms with E-state index in [-0.39, 0.29) is 12.0 Å². The van der Waals surface area contributed by atoms with Crippen LogP contribution in [0.4, 0.5) is 0 Å². The summed E-state index contributed by atoms with van der Waals surface area (Å²) in [7, 11) is 3.21. The third-order valence-corrected chi connectivity index (χ3v) is 3.97. The molecule has 5 heteroatoms. The molecule has 1 atom stereocenters. The maximum atomic E-state index is 11.8. The predicted molar refractivity (Wildman–Crippen MR) is 79.8 cm³/mol. The zero-order valence-electron chi connectivity index (χ0n) is 13.2. The minimum Gasteiger partial charge on any atom is -0.468 e. The molecule has 0 aromatic carbocycles. The van der Waals surface area contributed by atoms with E-state index in [1.165, 1.54) is 7.11 Å². The Morgan fingerprint density at radius 1 is 1.35 bits per heavy atom. The van der Waals surface area contributed by atoms with E-state index < -0.39 is 0 Å². The SMILES string of the molecule is CCCC[C@H](NC1CCN(CCOC)CC1)C(=O)OC. The molecular formula is C15H30N2O3. The van der Waals surface area contributed by atoms with E-state index in [1.54, 1.807) is 7.11 Å². The lowest BCUT2D eigenvalue weighted by atomic mass is 10.0. The molecule has 0 unspecified atom stereocenters. The van der Waals surface area contributed by atoms with Crippen LogP contribution < -0.4 is 5.32 Å². The van der Waals surface area contributed by atoms with E-state index in [0.29, 0.717) is 6.04 Å². The summed E-state index contributed by atoms with van der Waals surface area (Å²) in [6, 6.07) is 0.283. The number of hydrogen-bond donors (Lipinski definition) is 1. The maximum Gasteiger partial charge on any atom is 0.322 e. The van der Waals surface area contributed by atoms with Gasteiger partial charge in [0.2, 0.25) is 0 Å². The summed E-state index contributed by atoms with van der Waals surface area (Å²) in [4.78, 5) is 14.2. The minimum absolute atomic E-state index is 0.125. The number of likely N-dealkylation sites (tertiary alicyclic amines) is 1. The average molecular weight is 286 g/mol.